The lowest BCUT2D eigenvalue weighted by molar-refractivity contribution is 1.02. The van der Waals surface area contributed by atoms with E-state index in [-0.39, 0.29) is 5.82 Å². The fourth-order valence-electron chi connectivity index (χ4n) is 1.35. The van der Waals surface area contributed by atoms with Gasteiger partial charge in [0.1, 0.15) is 6.07 Å². The summed E-state index contributed by atoms with van der Waals surface area (Å²) >= 11 is 6.01. The highest BCUT2D eigenvalue weighted by Crippen LogP contribution is 2.26. The van der Waals surface area contributed by atoms with Crippen LogP contribution in [0.5, 0.6) is 0 Å². The molecule has 0 aliphatic rings. The largest absolute Gasteiger partial charge is 0.397 e. The molecule has 15 heavy (non-hydrogen) atoms. The molecule has 2 N–H and O–H groups in total. The number of nitriles is 1. The zero-order valence-corrected chi connectivity index (χ0v) is 8.44. The minimum absolute atomic E-state index is 0.259. The van der Waals surface area contributed by atoms with E-state index in [0.29, 0.717) is 16.4 Å². The Morgan fingerprint density at radius 1 is 1.47 bits per heavy atom. The first-order chi connectivity index (χ1) is 7.24. The van der Waals surface area contributed by atoms with Crippen LogP contribution >= 0.6 is 11.6 Å². The smallest absolute Gasteiger partial charge is 0.217 e. The normalized spacial score (nSPS) is 9.87. The monoisotopic (exact) mass is 218 g/mol. The van der Waals surface area contributed by atoms with Gasteiger partial charge >= 0.3 is 0 Å². The summed E-state index contributed by atoms with van der Waals surface area (Å²) < 4.78 is 1.57. The van der Waals surface area contributed by atoms with Crippen molar-refractivity contribution in [2.45, 2.75) is 0 Å². The van der Waals surface area contributed by atoms with Gasteiger partial charge in [-0.15, -0.1) is 0 Å². The summed E-state index contributed by atoms with van der Waals surface area (Å²) in [5.41, 5.74) is 6.90. The Morgan fingerprint density at radius 2 is 2.27 bits per heavy atom. The maximum Gasteiger partial charge on any atom is 0.217 e. The third-order valence-corrected chi connectivity index (χ3v) is 2.30. The number of anilines is 1. The predicted octanol–water partition coefficient (Wildman–Crippen LogP) is 1.98. The van der Waals surface area contributed by atoms with E-state index in [1.165, 1.54) is 6.20 Å². The Hall–Kier alpha value is -1.99. The summed E-state index contributed by atoms with van der Waals surface area (Å²) in [6.07, 6.45) is 3.18. The molecule has 2 aromatic rings. The van der Waals surface area contributed by atoms with Crippen LogP contribution < -0.4 is 5.73 Å². The molecule has 0 atom stereocenters. The lowest BCUT2D eigenvalue weighted by atomic mass is 10.2. The van der Waals surface area contributed by atoms with Gasteiger partial charge in [-0.3, -0.25) is 4.57 Å². The molecule has 2 rings (SSSR count). The van der Waals surface area contributed by atoms with Gasteiger partial charge in [0.05, 0.1) is 16.4 Å². The van der Waals surface area contributed by atoms with Crippen molar-refractivity contribution in [2.75, 3.05) is 5.73 Å². The van der Waals surface area contributed by atoms with Crippen molar-refractivity contribution < 1.29 is 0 Å². The van der Waals surface area contributed by atoms with E-state index in [1.54, 1.807) is 29.0 Å². The van der Waals surface area contributed by atoms with Crippen molar-refractivity contribution >= 4 is 17.3 Å². The summed E-state index contributed by atoms with van der Waals surface area (Å²) in [5, 5.41) is 9.32. The third kappa shape index (κ3) is 1.53. The molecule has 1 heterocycles. The molecule has 5 heteroatoms. The lowest BCUT2D eigenvalue weighted by Gasteiger charge is -2.08. The second kappa shape index (κ2) is 3.64. The van der Waals surface area contributed by atoms with Crippen LogP contribution in [0.4, 0.5) is 5.69 Å². The van der Waals surface area contributed by atoms with E-state index in [2.05, 4.69) is 4.98 Å². The Labute approximate surface area is 91.5 Å². The van der Waals surface area contributed by atoms with Crippen molar-refractivity contribution in [3.05, 3.63) is 41.4 Å². The Bertz CT molecular complexity index is 518. The van der Waals surface area contributed by atoms with E-state index in [0.717, 1.165) is 0 Å². The second-order valence-corrected chi connectivity index (χ2v) is 3.32. The van der Waals surface area contributed by atoms with Crippen LogP contribution in [0.3, 0.4) is 0 Å². The second-order valence-electron chi connectivity index (χ2n) is 2.91. The van der Waals surface area contributed by atoms with E-state index in [9.17, 15) is 0 Å². The van der Waals surface area contributed by atoms with E-state index < -0.39 is 0 Å². The number of imidazole rings is 1. The van der Waals surface area contributed by atoms with Gasteiger partial charge in [0.15, 0.2) is 0 Å². The molecule has 0 spiro atoms. The summed E-state index contributed by atoms with van der Waals surface area (Å²) in [7, 11) is 0. The van der Waals surface area contributed by atoms with Crippen LogP contribution in [-0.4, -0.2) is 9.55 Å². The molecule has 74 valence electrons. The number of hydrogen-bond donors (Lipinski definition) is 1. The number of nitrogen functional groups attached to an aromatic ring is 1. The molecule has 0 amide bonds. The number of rotatable bonds is 1. The number of benzene rings is 1. The number of para-hydroxylation sites is 1. The topological polar surface area (TPSA) is 67.6 Å². The van der Waals surface area contributed by atoms with E-state index in [4.69, 9.17) is 22.6 Å². The van der Waals surface area contributed by atoms with Gasteiger partial charge in [-0.05, 0) is 12.1 Å². The predicted molar refractivity (Wildman–Crippen MR) is 57.7 cm³/mol. The van der Waals surface area contributed by atoms with Crippen LogP contribution in [0.25, 0.3) is 5.69 Å². The quantitative estimate of drug-likeness (QED) is 0.745. The van der Waals surface area contributed by atoms with Crippen LogP contribution in [0, 0.1) is 11.3 Å². The van der Waals surface area contributed by atoms with Gasteiger partial charge < -0.3 is 5.73 Å². The molecule has 1 aromatic heterocycles. The average molecular weight is 219 g/mol. The maximum atomic E-state index is 8.83. The summed E-state index contributed by atoms with van der Waals surface area (Å²) in [5.74, 6) is 0.259. The van der Waals surface area contributed by atoms with Gasteiger partial charge in [-0.1, -0.05) is 17.7 Å². The SMILES string of the molecule is N#Cc1nccn1-c1c(N)cccc1Cl. The van der Waals surface area contributed by atoms with Crippen molar-refractivity contribution in [2.24, 2.45) is 0 Å². The Morgan fingerprint density at radius 3 is 2.93 bits per heavy atom. The molecule has 0 fully saturated rings. The highest BCUT2D eigenvalue weighted by Gasteiger charge is 2.10. The van der Waals surface area contributed by atoms with Gasteiger partial charge in [0.25, 0.3) is 0 Å². The summed E-state index contributed by atoms with van der Waals surface area (Å²) in [6, 6.07) is 7.16. The molecule has 0 saturated heterocycles. The fourth-order valence-corrected chi connectivity index (χ4v) is 1.63. The highest BCUT2D eigenvalue weighted by atomic mass is 35.5. The number of aromatic nitrogens is 2. The van der Waals surface area contributed by atoms with Gasteiger partial charge in [-0.2, -0.15) is 5.26 Å². The lowest BCUT2D eigenvalue weighted by Crippen LogP contribution is -2.01. The molecular formula is C10H7ClN4. The number of hydrogen-bond acceptors (Lipinski definition) is 3. The van der Waals surface area contributed by atoms with Crippen LogP contribution in [0.15, 0.2) is 30.6 Å². The molecule has 0 saturated carbocycles. The minimum atomic E-state index is 0.259. The highest BCUT2D eigenvalue weighted by molar-refractivity contribution is 6.33. The third-order valence-electron chi connectivity index (χ3n) is 2.00. The standard InChI is InChI=1S/C10H7ClN4/c11-7-2-1-3-8(13)10(7)15-5-4-14-9(15)6-12/h1-5H,13H2. The maximum absolute atomic E-state index is 8.83. The molecule has 0 aliphatic heterocycles. The van der Waals surface area contributed by atoms with Gasteiger partial charge in [-0.25, -0.2) is 4.98 Å². The zero-order valence-electron chi connectivity index (χ0n) is 7.68. The molecule has 0 radical (unpaired) electrons. The summed E-state index contributed by atoms with van der Waals surface area (Å²) in [6.45, 7) is 0. The van der Waals surface area contributed by atoms with Crippen LogP contribution in [0.1, 0.15) is 5.82 Å². The first-order valence-corrected chi connectivity index (χ1v) is 4.59. The van der Waals surface area contributed by atoms with Crippen molar-refractivity contribution in [3.8, 4) is 11.8 Å². The average Bonchev–Trinajstić information content (AvgIpc) is 2.65. The van der Waals surface area contributed by atoms with Crippen LogP contribution in [0.2, 0.25) is 5.02 Å². The number of halogens is 1. The first kappa shape index (κ1) is 9.56. The summed E-state index contributed by atoms with van der Waals surface area (Å²) in [4.78, 5) is 3.88. The molecule has 4 nitrogen and oxygen atoms in total. The van der Waals surface area contributed by atoms with Crippen molar-refractivity contribution in [1.29, 1.82) is 5.26 Å². The van der Waals surface area contributed by atoms with Crippen LogP contribution in [-0.2, 0) is 0 Å². The molecule has 0 aliphatic carbocycles. The first-order valence-electron chi connectivity index (χ1n) is 4.22. The number of nitrogens with zero attached hydrogens (tertiary/aromatic N) is 3. The fraction of sp³-hybridized carbons (Fsp3) is 0. The number of nitrogens with two attached hydrogens (primary N) is 1. The van der Waals surface area contributed by atoms with Gasteiger partial charge in [0, 0.05) is 12.4 Å². The van der Waals surface area contributed by atoms with E-state index in [1.807, 2.05) is 6.07 Å². The Kier molecular flexibility index (Phi) is 2.32. The molecular weight excluding hydrogens is 212 g/mol. The Balaban J connectivity index is 2.70. The molecule has 0 unspecified atom stereocenters. The minimum Gasteiger partial charge on any atom is -0.397 e. The van der Waals surface area contributed by atoms with Crippen molar-refractivity contribution in [3.63, 3.8) is 0 Å². The zero-order chi connectivity index (χ0) is 10.8. The molecule has 0 bridgehead atoms. The molecule has 1 aromatic carbocycles. The van der Waals surface area contributed by atoms with Crippen molar-refractivity contribution in [1.82, 2.24) is 9.55 Å². The van der Waals surface area contributed by atoms with E-state index >= 15 is 0 Å². The van der Waals surface area contributed by atoms with Gasteiger partial charge in [0.2, 0.25) is 5.82 Å².